The summed E-state index contributed by atoms with van der Waals surface area (Å²) in [6.45, 7) is 2.48. The van der Waals surface area contributed by atoms with Crippen LogP contribution in [-0.2, 0) is 4.79 Å². The van der Waals surface area contributed by atoms with E-state index in [9.17, 15) is 4.79 Å². The van der Waals surface area contributed by atoms with Crippen LogP contribution in [-0.4, -0.2) is 45.2 Å². The Bertz CT molecular complexity index is 938. The van der Waals surface area contributed by atoms with Crippen molar-refractivity contribution in [2.24, 2.45) is 0 Å². The molecule has 3 aromatic rings. The van der Waals surface area contributed by atoms with Crippen LogP contribution in [0.15, 0.2) is 48.7 Å². The maximum absolute atomic E-state index is 13.0. The van der Waals surface area contributed by atoms with E-state index >= 15 is 0 Å². The van der Waals surface area contributed by atoms with Crippen molar-refractivity contribution in [1.82, 2.24) is 19.5 Å². The number of pyridine rings is 1. The van der Waals surface area contributed by atoms with Gasteiger partial charge in [-0.1, -0.05) is 6.07 Å². The fraction of sp³-hybridized carbons (Fsp3) is 0.350. The Hall–Kier alpha value is -3.09. The Morgan fingerprint density at radius 2 is 1.93 bits per heavy atom. The second-order valence-electron chi connectivity index (χ2n) is 6.61. The van der Waals surface area contributed by atoms with Gasteiger partial charge in [0.25, 0.3) is 5.91 Å². The van der Waals surface area contributed by atoms with Crippen molar-refractivity contribution >= 4 is 11.6 Å². The van der Waals surface area contributed by atoms with Crippen LogP contribution in [0.4, 0.5) is 0 Å². The molecule has 1 aromatic carbocycles. The Morgan fingerprint density at radius 1 is 1.15 bits per heavy atom. The third-order valence-electron chi connectivity index (χ3n) is 4.89. The van der Waals surface area contributed by atoms with Gasteiger partial charge in [-0.2, -0.15) is 0 Å². The van der Waals surface area contributed by atoms with Crippen LogP contribution in [0.2, 0.25) is 0 Å². The highest BCUT2D eigenvalue weighted by Crippen LogP contribution is 2.32. The predicted molar refractivity (Wildman–Crippen MR) is 99.8 cm³/mol. The quantitative estimate of drug-likeness (QED) is 0.694. The number of fused-ring (bicyclic) bond motifs is 1. The third kappa shape index (κ3) is 3.32. The van der Waals surface area contributed by atoms with E-state index in [1.165, 1.54) is 0 Å². The van der Waals surface area contributed by atoms with Crippen LogP contribution in [0.3, 0.4) is 0 Å². The summed E-state index contributed by atoms with van der Waals surface area (Å²) in [6, 6.07) is 12.9. The molecule has 0 bridgehead atoms. The monoisotopic (exact) mass is 366 g/mol. The van der Waals surface area contributed by atoms with E-state index in [2.05, 4.69) is 10.2 Å². The van der Waals surface area contributed by atoms with Crippen molar-refractivity contribution in [3.63, 3.8) is 0 Å². The number of hydrogen-bond acceptors (Lipinski definition) is 5. The van der Waals surface area contributed by atoms with Gasteiger partial charge in [0.1, 0.15) is 11.5 Å². The van der Waals surface area contributed by atoms with E-state index in [-0.39, 0.29) is 11.9 Å². The average molecular weight is 366 g/mol. The van der Waals surface area contributed by atoms with Gasteiger partial charge >= 0.3 is 0 Å². The summed E-state index contributed by atoms with van der Waals surface area (Å²) in [5.74, 6) is 2.15. The topological polar surface area (TPSA) is 69.0 Å². The van der Waals surface area contributed by atoms with Crippen LogP contribution >= 0.6 is 0 Å². The number of amides is 1. The molecular weight excluding hydrogens is 344 g/mol. The van der Waals surface area contributed by atoms with Gasteiger partial charge in [0.05, 0.1) is 13.2 Å². The largest absolute Gasteiger partial charge is 0.497 e. The van der Waals surface area contributed by atoms with E-state index in [0.29, 0.717) is 12.3 Å². The predicted octanol–water partition coefficient (Wildman–Crippen LogP) is 2.87. The lowest BCUT2D eigenvalue weighted by molar-refractivity contribution is -0.139. The number of benzene rings is 1. The molecule has 0 spiro atoms. The molecule has 1 fully saturated rings. The van der Waals surface area contributed by atoms with E-state index in [1.807, 2.05) is 45.8 Å². The number of ether oxygens (including phenoxy) is 2. The van der Waals surface area contributed by atoms with Gasteiger partial charge in [0, 0.05) is 12.7 Å². The highest BCUT2D eigenvalue weighted by atomic mass is 16.5. The van der Waals surface area contributed by atoms with Crippen molar-refractivity contribution in [3.05, 3.63) is 54.5 Å². The highest BCUT2D eigenvalue weighted by Gasteiger charge is 2.35. The molecule has 0 aliphatic carbocycles. The molecule has 7 nitrogen and oxygen atoms in total. The van der Waals surface area contributed by atoms with Crippen LogP contribution in [0.5, 0.6) is 11.5 Å². The Labute approximate surface area is 157 Å². The van der Waals surface area contributed by atoms with E-state index < -0.39 is 6.10 Å². The summed E-state index contributed by atoms with van der Waals surface area (Å²) in [7, 11) is 1.61. The molecule has 140 valence electrons. The van der Waals surface area contributed by atoms with Crippen molar-refractivity contribution in [3.8, 4) is 11.5 Å². The molecule has 2 atom stereocenters. The standard InChI is InChI=1S/C20H22N4O3/c1-14(27-16-10-8-15(26-2)9-11-16)20(25)23-13-5-6-17(23)19-22-21-18-7-3-4-12-24(18)19/h3-4,7-12,14,17H,5-6,13H2,1-2H3/t14-,17-/m1/s1. The lowest BCUT2D eigenvalue weighted by atomic mass is 10.2. The van der Waals surface area contributed by atoms with Gasteiger partial charge < -0.3 is 14.4 Å². The molecule has 1 aliphatic heterocycles. The van der Waals surface area contributed by atoms with Crippen LogP contribution in [0, 0.1) is 0 Å². The maximum Gasteiger partial charge on any atom is 0.263 e. The van der Waals surface area contributed by atoms with Gasteiger partial charge in [-0.15, -0.1) is 10.2 Å². The first-order chi connectivity index (χ1) is 13.2. The molecule has 2 aromatic heterocycles. The number of rotatable bonds is 5. The average Bonchev–Trinajstić information content (AvgIpc) is 3.34. The summed E-state index contributed by atoms with van der Waals surface area (Å²) in [5.41, 5.74) is 0.786. The molecule has 1 amide bonds. The van der Waals surface area contributed by atoms with E-state index in [1.54, 1.807) is 26.2 Å². The van der Waals surface area contributed by atoms with Crippen LogP contribution in [0.25, 0.3) is 5.65 Å². The summed E-state index contributed by atoms with van der Waals surface area (Å²) >= 11 is 0. The second-order valence-corrected chi connectivity index (χ2v) is 6.61. The second kappa shape index (κ2) is 7.26. The lowest BCUT2D eigenvalue weighted by Crippen LogP contribution is -2.40. The Balaban J connectivity index is 1.51. The fourth-order valence-electron chi connectivity index (χ4n) is 3.53. The van der Waals surface area contributed by atoms with Gasteiger partial charge in [0.2, 0.25) is 0 Å². The molecule has 7 heteroatoms. The Kier molecular flexibility index (Phi) is 4.66. The number of carbonyl (C=O) groups is 1. The number of nitrogens with zero attached hydrogens (tertiary/aromatic N) is 4. The first-order valence-corrected chi connectivity index (χ1v) is 9.08. The van der Waals surface area contributed by atoms with Crippen molar-refractivity contribution < 1.29 is 14.3 Å². The molecule has 0 unspecified atom stereocenters. The van der Waals surface area contributed by atoms with E-state index in [4.69, 9.17) is 9.47 Å². The molecule has 1 aliphatic rings. The summed E-state index contributed by atoms with van der Waals surface area (Å²) in [5, 5.41) is 8.55. The minimum atomic E-state index is -0.585. The zero-order valence-electron chi connectivity index (χ0n) is 15.4. The summed E-state index contributed by atoms with van der Waals surface area (Å²) < 4.78 is 12.9. The maximum atomic E-state index is 13.0. The highest BCUT2D eigenvalue weighted by molar-refractivity contribution is 5.81. The molecule has 0 N–H and O–H groups in total. The zero-order valence-corrected chi connectivity index (χ0v) is 15.4. The number of aromatic nitrogens is 3. The van der Waals surface area contributed by atoms with Gasteiger partial charge in [-0.05, 0) is 56.2 Å². The van der Waals surface area contributed by atoms with Crippen molar-refractivity contribution in [2.75, 3.05) is 13.7 Å². The minimum Gasteiger partial charge on any atom is -0.497 e. The molecule has 4 rings (SSSR count). The molecule has 27 heavy (non-hydrogen) atoms. The molecule has 1 saturated heterocycles. The van der Waals surface area contributed by atoms with Gasteiger partial charge in [-0.3, -0.25) is 9.20 Å². The number of carbonyl (C=O) groups excluding carboxylic acids is 1. The number of methoxy groups -OCH3 is 1. The lowest BCUT2D eigenvalue weighted by Gasteiger charge is -2.26. The molecule has 0 radical (unpaired) electrons. The fourth-order valence-corrected chi connectivity index (χ4v) is 3.53. The minimum absolute atomic E-state index is 0.0407. The normalized spacial score (nSPS) is 17.9. The van der Waals surface area contributed by atoms with Crippen molar-refractivity contribution in [1.29, 1.82) is 0 Å². The molecule has 3 heterocycles. The Morgan fingerprint density at radius 3 is 2.70 bits per heavy atom. The first-order valence-electron chi connectivity index (χ1n) is 9.08. The number of hydrogen-bond donors (Lipinski definition) is 0. The van der Waals surface area contributed by atoms with Gasteiger partial charge in [-0.25, -0.2) is 0 Å². The summed E-state index contributed by atoms with van der Waals surface area (Å²) in [6.07, 6.45) is 3.16. The third-order valence-corrected chi connectivity index (χ3v) is 4.89. The smallest absolute Gasteiger partial charge is 0.263 e. The van der Waals surface area contributed by atoms with Crippen molar-refractivity contribution in [2.45, 2.75) is 31.9 Å². The first kappa shape index (κ1) is 17.3. The summed E-state index contributed by atoms with van der Waals surface area (Å²) in [4.78, 5) is 14.9. The van der Waals surface area contributed by atoms with E-state index in [0.717, 1.165) is 30.1 Å². The van der Waals surface area contributed by atoms with Crippen LogP contribution in [0.1, 0.15) is 31.6 Å². The number of likely N-dealkylation sites (tertiary alicyclic amines) is 1. The molecular formula is C20H22N4O3. The van der Waals surface area contributed by atoms with Crippen LogP contribution < -0.4 is 9.47 Å². The zero-order chi connectivity index (χ0) is 18.8. The molecule has 0 saturated carbocycles. The van der Waals surface area contributed by atoms with Gasteiger partial charge in [0.15, 0.2) is 17.6 Å². The SMILES string of the molecule is COc1ccc(O[C@H](C)C(=O)N2CCC[C@@H]2c2nnc3ccccn23)cc1.